The van der Waals surface area contributed by atoms with E-state index in [4.69, 9.17) is 9.90 Å². The molecule has 258 valence electrons. The molecule has 5 N–H and O–H groups in total. The molecule has 3 aromatic heterocycles. The Morgan fingerprint density at radius 3 is 1.77 bits per heavy atom. The number of anilines is 3. The van der Waals surface area contributed by atoms with Gasteiger partial charge in [-0.15, -0.1) is 0 Å². The van der Waals surface area contributed by atoms with Crippen LogP contribution in [0.5, 0.6) is 0 Å². The third-order valence-corrected chi connectivity index (χ3v) is 6.56. The maximum absolute atomic E-state index is 13.2. The molecule has 0 atom stereocenters. The van der Waals surface area contributed by atoms with Gasteiger partial charge in [0.15, 0.2) is 0 Å². The van der Waals surface area contributed by atoms with E-state index in [1.807, 2.05) is 46.4 Å². The van der Waals surface area contributed by atoms with Crippen molar-refractivity contribution in [2.45, 2.75) is 52.4 Å². The highest BCUT2D eigenvalue weighted by Crippen LogP contribution is 2.23. The monoisotopic (exact) mass is 666 g/mol. The number of rotatable bonds is 13. The summed E-state index contributed by atoms with van der Waals surface area (Å²) in [7, 11) is 5.68. The van der Waals surface area contributed by atoms with Gasteiger partial charge in [0.1, 0.15) is 17.1 Å². The summed E-state index contributed by atoms with van der Waals surface area (Å²) < 4.78 is 36.9. The average Bonchev–Trinajstić information content (AvgIpc) is 3.68. The zero-order chi connectivity index (χ0) is 35.6. The summed E-state index contributed by atoms with van der Waals surface area (Å²) in [5.74, 6) is -3.72. The number of amides is 4. The molecule has 3 aromatic rings. The van der Waals surface area contributed by atoms with Crippen LogP contribution in [0.2, 0.25) is 0 Å². The SMILES string of the molecule is CC(C)n1cc(NC(=O)c2cc(NC(=O)c3cc(NC=O)cn3C(C)C)cn2C)cc1C(=O)NCCCN(C)C.O=C(O)C(F)(F)F. The first-order valence-electron chi connectivity index (χ1n) is 14.5. The summed E-state index contributed by atoms with van der Waals surface area (Å²) in [6.07, 6.45) is 1.39. The zero-order valence-corrected chi connectivity index (χ0v) is 27.2. The van der Waals surface area contributed by atoms with Crippen LogP contribution in [0, 0.1) is 0 Å². The number of carboxylic acid groups (broad SMARTS) is 1. The summed E-state index contributed by atoms with van der Waals surface area (Å²) in [6.45, 7) is 9.21. The predicted octanol–water partition coefficient (Wildman–Crippen LogP) is 4.18. The summed E-state index contributed by atoms with van der Waals surface area (Å²) in [6, 6.07) is 4.84. The highest BCUT2D eigenvalue weighted by atomic mass is 19.4. The number of nitrogens with zero attached hydrogens (tertiary/aromatic N) is 4. The van der Waals surface area contributed by atoms with Crippen molar-refractivity contribution in [1.29, 1.82) is 0 Å². The third kappa shape index (κ3) is 11.1. The van der Waals surface area contributed by atoms with Gasteiger partial charge in [-0.05, 0) is 73.0 Å². The predicted molar refractivity (Wildman–Crippen MR) is 170 cm³/mol. The molecule has 4 amide bonds. The summed E-state index contributed by atoms with van der Waals surface area (Å²) in [5, 5.41) is 18.3. The number of aliphatic carboxylic acids is 1. The minimum Gasteiger partial charge on any atom is -0.475 e. The molecule has 0 aliphatic heterocycles. The second-order valence-corrected chi connectivity index (χ2v) is 11.3. The minimum absolute atomic E-state index is 0.0109. The van der Waals surface area contributed by atoms with Gasteiger partial charge >= 0.3 is 12.1 Å². The lowest BCUT2D eigenvalue weighted by molar-refractivity contribution is -0.192. The van der Waals surface area contributed by atoms with Gasteiger partial charge in [0.2, 0.25) is 6.41 Å². The van der Waals surface area contributed by atoms with Crippen LogP contribution < -0.4 is 21.3 Å². The molecular weight excluding hydrogens is 625 g/mol. The van der Waals surface area contributed by atoms with E-state index in [0.717, 1.165) is 13.0 Å². The van der Waals surface area contributed by atoms with Crippen molar-refractivity contribution in [3.05, 3.63) is 53.9 Å². The van der Waals surface area contributed by atoms with E-state index >= 15 is 0 Å². The molecule has 3 heterocycles. The molecule has 0 bridgehead atoms. The Balaban J connectivity index is 0.000000984. The van der Waals surface area contributed by atoms with Crippen molar-refractivity contribution < 1.29 is 42.3 Å². The van der Waals surface area contributed by atoms with Crippen LogP contribution in [0.1, 0.15) is 77.7 Å². The fraction of sp³-hybridized carbons (Fsp3) is 0.433. The standard InChI is InChI=1S/C28H40N8O4.C2HF3O2/c1-18(2)35-15-20(30-17-37)11-25(35)28(40)31-21-12-23(34(7)14-21)27(39)32-22-13-24(36(16-22)19(3)4)26(38)29-9-8-10-33(5)6;3-2(4,5)1(6)7/h11-19H,8-10H2,1-7H3,(H,29,38)(H,30,37)(H,31,40)(H,32,39);(H,6,7). The molecule has 3 rings (SSSR count). The second kappa shape index (κ2) is 16.5. The molecule has 14 nitrogen and oxygen atoms in total. The molecule has 0 saturated carbocycles. The lowest BCUT2D eigenvalue weighted by Gasteiger charge is -2.13. The van der Waals surface area contributed by atoms with Crippen LogP contribution in [0.3, 0.4) is 0 Å². The van der Waals surface area contributed by atoms with Crippen LogP contribution in [0.25, 0.3) is 0 Å². The highest BCUT2D eigenvalue weighted by Gasteiger charge is 2.38. The van der Waals surface area contributed by atoms with Gasteiger partial charge in [-0.2, -0.15) is 13.2 Å². The van der Waals surface area contributed by atoms with Crippen LogP contribution in [0.4, 0.5) is 30.2 Å². The topological polar surface area (TPSA) is 172 Å². The molecule has 17 heteroatoms. The number of halogens is 3. The van der Waals surface area contributed by atoms with Gasteiger partial charge in [-0.25, -0.2) is 4.79 Å². The Labute approximate surface area is 269 Å². The van der Waals surface area contributed by atoms with Gasteiger partial charge < -0.3 is 45.0 Å². The van der Waals surface area contributed by atoms with Crippen molar-refractivity contribution in [3.63, 3.8) is 0 Å². The van der Waals surface area contributed by atoms with Crippen LogP contribution in [0.15, 0.2) is 36.8 Å². The fourth-order valence-electron chi connectivity index (χ4n) is 4.33. The van der Waals surface area contributed by atoms with Gasteiger partial charge in [-0.1, -0.05) is 0 Å². The Bertz CT molecular complexity index is 1570. The van der Waals surface area contributed by atoms with E-state index in [9.17, 15) is 32.3 Å². The highest BCUT2D eigenvalue weighted by molar-refractivity contribution is 6.07. The molecule has 0 aliphatic carbocycles. The van der Waals surface area contributed by atoms with Crippen molar-refractivity contribution >= 4 is 47.2 Å². The number of aryl methyl sites for hydroxylation is 1. The Hall–Kier alpha value is -5.06. The quantitative estimate of drug-likeness (QED) is 0.135. The van der Waals surface area contributed by atoms with Crippen molar-refractivity contribution in [1.82, 2.24) is 23.9 Å². The zero-order valence-electron chi connectivity index (χ0n) is 27.2. The van der Waals surface area contributed by atoms with Crippen molar-refractivity contribution in [2.24, 2.45) is 7.05 Å². The minimum atomic E-state index is -5.08. The van der Waals surface area contributed by atoms with Gasteiger partial charge in [0, 0.05) is 44.3 Å². The van der Waals surface area contributed by atoms with E-state index in [-0.39, 0.29) is 29.8 Å². The van der Waals surface area contributed by atoms with Crippen LogP contribution in [-0.4, -0.2) is 87.2 Å². The van der Waals surface area contributed by atoms with Gasteiger partial charge in [0.25, 0.3) is 17.7 Å². The Kier molecular flexibility index (Phi) is 13.4. The molecule has 0 aromatic carbocycles. The number of carboxylic acids is 1. The van der Waals surface area contributed by atoms with E-state index in [0.29, 0.717) is 47.1 Å². The fourth-order valence-corrected chi connectivity index (χ4v) is 4.33. The van der Waals surface area contributed by atoms with Crippen molar-refractivity contribution in [2.75, 3.05) is 43.1 Å². The summed E-state index contributed by atoms with van der Waals surface area (Å²) in [5.41, 5.74) is 2.61. The molecule has 0 saturated heterocycles. The first-order chi connectivity index (χ1) is 21.8. The van der Waals surface area contributed by atoms with Crippen molar-refractivity contribution in [3.8, 4) is 0 Å². The number of hydrogen-bond acceptors (Lipinski definition) is 6. The first-order valence-corrected chi connectivity index (χ1v) is 14.5. The number of hydrogen-bond donors (Lipinski definition) is 5. The number of nitrogens with one attached hydrogen (secondary N) is 4. The molecule has 47 heavy (non-hydrogen) atoms. The van der Waals surface area contributed by atoms with Gasteiger partial charge in [-0.3, -0.25) is 19.2 Å². The Morgan fingerprint density at radius 1 is 0.830 bits per heavy atom. The molecule has 0 fully saturated rings. The van der Waals surface area contributed by atoms with E-state index in [1.165, 1.54) is 0 Å². The lowest BCUT2D eigenvalue weighted by Crippen LogP contribution is -2.29. The van der Waals surface area contributed by atoms with E-state index in [1.54, 1.807) is 53.0 Å². The molecule has 0 aliphatic rings. The maximum Gasteiger partial charge on any atom is 0.490 e. The van der Waals surface area contributed by atoms with E-state index < -0.39 is 12.1 Å². The molecular formula is C30H41F3N8O6. The molecule has 0 radical (unpaired) electrons. The first kappa shape index (κ1) is 38.1. The lowest BCUT2D eigenvalue weighted by atomic mass is 10.3. The largest absolute Gasteiger partial charge is 0.490 e. The van der Waals surface area contributed by atoms with Crippen LogP contribution in [-0.2, 0) is 16.6 Å². The van der Waals surface area contributed by atoms with E-state index in [2.05, 4.69) is 26.2 Å². The maximum atomic E-state index is 13.2. The average molecular weight is 667 g/mol. The molecule has 0 spiro atoms. The Morgan fingerprint density at radius 2 is 1.28 bits per heavy atom. The third-order valence-electron chi connectivity index (χ3n) is 6.56. The number of alkyl halides is 3. The summed E-state index contributed by atoms with van der Waals surface area (Å²) >= 11 is 0. The summed E-state index contributed by atoms with van der Waals surface area (Å²) in [4.78, 5) is 60.8. The smallest absolute Gasteiger partial charge is 0.475 e. The normalized spacial score (nSPS) is 11.3. The number of carbonyl (C=O) groups is 5. The number of carbonyl (C=O) groups excluding carboxylic acids is 4. The number of aromatic nitrogens is 3. The molecule has 0 unspecified atom stereocenters. The van der Waals surface area contributed by atoms with Gasteiger partial charge in [0.05, 0.1) is 17.1 Å². The second-order valence-electron chi connectivity index (χ2n) is 11.3. The van der Waals surface area contributed by atoms with Crippen LogP contribution >= 0.6 is 0 Å².